The molecule has 0 saturated carbocycles. The number of ether oxygens (including phenoxy) is 1. The lowest BCUT2D eigenvalue weighted by Crippen LogP contribution is -1.87. The first kappa shape index (κ1) is 13.0. The number of hydrogen-bond donors (Lipinski definition) is 0. The summed E-state index contributed by atoms with van der Waals surface area (Å²) in [6, 6.07) is 15.6. The molecule has 0 N–H and O–H groups in total. The lowest BCUT2D eigenvalue weighted by atomic mass is 10.2. The first-order chi connectivity index (χ1) is 8.74. The minimum atomic E-state index is 0.653. The highest BCUT2D eigenvalue weighted by molar-refractivity contribution is 9.10. The van der Waals surface area contributed by atoms with Gasteiger partial charge < -0.3 is 4.74 Å². The molecular weight excluding hydrogens is 310 g/mol. The Morgan fingerprint density at radius 2 is 1.94 bits per heavy atom. The third-order valence-electron chi connectivity index (χ3n) is 2.35. The summed E-state index contributed by atoms with van der Waals surface area (Å²) in [7, 11) is 1.65. The molecule has 0 radical (unpaired) electrons. The molecule has 2 aromatic carbocycles. The minimum absolute atomic E-state index is 0.653. The highest BCUT2D eigenvalue weighted by Crippen LogP contribution is 2.36. The molecular formula is C14H10BrNOS. The van der Waals surface area contributed by atoms with Gasteiger partial charge >= 0.3 is 0 Å². The molecule has 0 atom stereocenters. The predicted octanol–water partition coefficient (Wildman–Crippen LogP) is 4.48. The Morgan fingerprint density at radius 1 is 1.17 bits per heavy atom. The van der Waals surface area contributed by atoms with Gasteiger partial charge in [0.05, 0.1) is 17.6 Å². The summed E-state index contributed by atoms with van der Waals surface area (Å²) in [6.45, 7) is 0. The summed E-state index contributed by atoms with van der Waals surface area (Å²) in [6.07, 6.45) is 0. The second-order valence-corrected chi connectivity index (χ2v) is 5.50. The van der Waals surface area contributed by atoms with E-state index >= 15 is 0 Å². The maximum absolute atomic E-state index is 9.13. The second kappa shape index (κ2) is 5.94. The van der Waals surface area contributed by atoms with Gasteiger partial charge in [0.2, 0.25) is 0 Å². The fourth-order valence-corrected chi connectivity index (χ4v) is 2.85. The van der Waals surface area contributed by atoms with E-state index in [2.05, 4.69) is 22.0 Å². The van der Waals surface area contributed by atoms with E-state index in [1.54, 1.807) is 7.11 Å². The van der Waals surface area contributed by atoms with Crippen molar-refractivity contribution in [1.82, 2.24) is 0 Å². The number of nitriles is 1. The van der Waals surface area contributed by atoms with Crippen LogP contribution in [0.2, 0.25) is 0 Å². The highest BCUT2D eigenvalue weighted by atomic mass is 79.9. The molecule has 0 fully saturated rings. The SMILES string of the molecule is COc1ccccc1Sc1ccc(Br)cc1C#N. The van der Waals surface area contributed by atoms with Crippen molar-refractivity contribution in [2.45, 2.75) is 9.79 Å². The third kappa shape index (κ3) is 2.87. The molecule has 2 rings (SSSR count). The zero-order valence-corrected chi connectivity index (χ0v) is 12.1. The monoisotopic (exact) mass is 319 g/mol. The van der Waals surface area contributed by atoms with Gasteiger partial charge in [-0.2, -0.15) is 5.26 Å². The van der Waals surface area contributed by atoms with Crippen molar-refractivity contribution < 1.29 is 4.74 Å². The second-order valence-electron chi connectivity index (χ2n) is 3.51. The lowest BCUT2D eigenvalue weighted by molar-refractivity contribution is 0.405. The molecule has 0 bridgehead atoms. The maximum Gasteiger partial charge on any atom is 0.132 e. The van der Waals surface area contributed by atoms with E-state index in [0.717, 1.165) is 20.0 Å². The topological polar surface area (TPSA) is 33.0 Å². The first-order valence-electron chi connectivity index (χ1n) is 5.25. The number of hydrogen-bond acceptors (Lipinski definition) is 3. The van der Waals surface area contributed by atoms with Crippen LogP contribution in [0.5, 0.6) is 5.75 Å². The standard InChI is InChI=1S/C14H10BrNOS/c1-17-12-4-2-3-5-14(12)18-13-7-6-11(15)8-10(13)9-16/h2-8H,1H3. The summed E-state index contributed by atoms with van der Waals surface area (Å²) in [5.41, 5.74) is 0.653. The van der Waals surface area contributed by atoms with Gasteiger partial charge in [-0.3, -0.25) is 0 Å². The van der Waals surface area contributed by atoms with Crippen LogP contribution in [0.3, 0.4) is 0 Å². The van der Waals surface area contributed by atoms with E-state index in [1.807, 2.05) is 42.5 Å². The summed E-state index contributed by atoms with van der Waals surface area (Å²) in [5.74, 6) is 0.814. The quantitative estimate of drug-likeness (QED) is 0.836. The van der Waals surface area contributed by atoms with E-state index in [0.29, 0.717) is 5.56 Å². The molecule has 2 aromatic rings. The van der Waals surface area contributed by atoms with Crippen LogP contribution in [0.25, 0.3) is 0 Å². The Morgan fingerprint density at radius 3 is 2.67 bits per heavy atom. The highest BCUT2D eigenvalue weighted by Gasteiger charge is 2.08. The Balaban J connectivity index is 2.37. The number of para-hydroxylation sites is 1. The van der Waals surface area contributed by atoms with Crippen LogP contribution in [0.1, 0.15) is 5.56 Å². The van der Waals surface area contributed by atoms with Gasteiger partial charge in [-0.25, -0.2) is 0 Å². The number of nitrogens with zero attached hydrogens (tertiary/aromatic N) is 1. The molecule has 0 aromatic heterocycles. The maximum atomic E-state index is 9.13. The van der Waals surface area contributed by atoms with Gasteiger partial charge in [0.25, 0.3) is 0 Å². The van der Waals surface area contributed by atoms with Crippen LogP contribution < -0.4 is 4.74 Å². The Labute approximate surface area is 119 Å². The summed E-state index contributed by atoms with van der Waals surface area (Å²) >= 11 is 4.90. The van der Waals surface area contributed by atoms with Crippen molar-refractivity contribution >= 4 is 27.7 Å². The first-order valence-corrected chi connectivity index (χ1v) is 6.86. The van der Waals surface area contributed by atoms with Crippen LogP contribution in [0, 0.1) is 11.3 Å². The number of benzene rings is 2. The summed E-state index contributed by atoms with van der Waals surface area (Å²) in [5, 5.41) is 9.13. The zero-order chi connectivity index (χ0) is 13.0. The van der Waals surface area contributed by atoms with Crippen LogP contribution in [-0.4, -0.2) is 7.11 Å². The molecule has 18 heavy (non-hydrogen) atoms. The molecule has 90 valence electrons. The molecule has 0 aliphatic rings. The van der Waals surface area contributed by atoms with E-state index in [1.165, 1.54) is 11.8 Å². The zero-order valence-electron chi connectivity index (χ0n) is 9.68. The molecule has 0 spiro atoms. The van der Waals surface area contributed by atoms with Crippen molar-refractivity contribution in [2.75, 3.05) is 7.11 Å². The molecule has 0 heterocycles. The van der Waals surface area contributed by atoms with Gasteiger partial charge in [-0.15, -0.1) is 0 Å². The molecule has 2 nitrogen and oxygen atoms in total. The van der Waals surface area contributed by atoms with Crippen molar-refractivity contribution in [3.63, 3.8) is 0 Å². The minimum Gasteiger partial charge on any atom is -0.496 e. The normalized spacial score (nSPS) is 9.83. The largest absolute Gasteiger partial charge is 0.496 e. The Kier molecular flexibility index (Phi) is 4.29. The van der Waals surface area contributed by atoms with E-state index in [9.17, 15) is 0 Å². The van der Waals surface area contributed by atoms with Crippen molar-refractivity contribution in [3.8, 4) is 11.8 Å². The Hall–Kier alpha value is -1.44. The van der Waals surface area contributed by atoms with Gasteiger partial charge in [-0.05, 0) is 30.3 Å². The average Bonchev–Trinajstić information content (AvgIpc) is 2.41. The number of rotatable bonds is 3. The van der Waals surface area contributed by atoms with Crippen molar-refractivity contribution in [3.05, 3.63) is 52.5 Å². The van der Waals surface area contributed by atoms with Crippen molar-refractivity contribution in [1.29, 1.82) is 5.26 Å². The smallest absolute Gasteiger partial charge is 0.132 e. The molecule has 0 saturated heterocycles. The average molecular weight is 320 g/mol. The van der Waals surface area contributed by atoms with E-state index in [4.69, 9.17) is 10.00 Å². The molecule has 4 heteroatoms. The fourth-order valence-electron chi connectivity index (χ4n) is 1.50. The van der Waals surface area contributed by atoms with Gasteiger partial charge in [0, 0.05) is 9.37 Å². The van der Waals surface area contributed by atoms with Gasteiger partial charge in [-0.1, -0.05) is 39.8 Å². The summed E-state index contributed by atoms with van der Waals surface area (Å²) in [4.78, 5) is 1.92. The van der Waals surface area contributed by atoms with Crippen LogP contribution in [-0.2, 0) is 0 Å². The van der Waals surface area contributed by atoms with Crippen molar-refractivity contribution in [2.24, 2.45) is 0 Å². The van der Waals surface area contributed by atoms with E-state index < -0.39 is 0 Å². The van der Waals surface area contributed by atoms with Gasteiger partial charge in [0.15, 0.2) is 0 Å². The summed E-state index contributed by atoms with van der Waals surface area (Å²) < 4.78 is 6.21. The molecule has 0 aliphatic carbocycles. The number of halogens is 1. The van der Waals surface area contributed by atoms with Crippen LogP contribution in [0.4, 0.5) is 0 Å². The van der Waals surface area contributed by atoms with Gasteiger partial charge in [0.1, 0.15) is 11.8 Å². The lowest BCUT2D eigenvalue weighted by Gasteiger charge is -2.08. The molecule has 0 unspecified atom stereocenters. The predicted molar refractivity (Wildman–Crippen MR) is 76.0 cm³/mol. The van der Waals surface area contributed by atoms with E-state index in [-0.39, 0.29) is 0 Å². The van der Waals surface area contributed by atoms with Crippen LogP contribution >= 0.6 is 27.7 Å². The van der Waals surface area contributed by atoms with Crippen LogP contribution in [0.15, 0.2) is 56.7 Å². The Bertz CT molecular complexity index is 607. The third-order valence-corrected chi connectivity index (χ3v) is 3.98. The number of methoxy groups -OCH3 is 1. The molecule has 0 aliphatic heterocycles. The fraction of sp³-hybridized carbons (Fsp3) is 0.0714. The molecule has 0 amide bonds.